The van der Waals surface area contributed by atoms with Crippen LogP contribution in [0.15, 0.2) is 24.3 Å². The minimum absolute atomic E-state index is 0. The molecule has 0 atom stereocenters. The van der Waals surface area contributed by atoms with E-state index in [9.17, 15) is 9.59 Å². The van der Waals surface area contributed by atoms with Crippen molar-refractivity contribution in [1.82, 2.24) is 4.90 Å². The van der Waals surface area contributed by atoms with Crippen LogP contribution < -0.4 is 0 Å². The van der Waals surface area contributed by atoms with Crippen molar-refractivity contribution < 1.29 is 19.1 Å². The Morgan fingerprint density at radius 3 is 1.00 bits per heavy atom. The lowest BCUT2D eigenvalue weighted by atomic mass is 10.1. The molecule has 0 aromatic rings. The van der Waals surface area contributed by atoms with Gasteiger partial charge >= 0.3 is 11.9 Å². The third kappa shape index (κ3) is 37.5. The Balaban J connectivity index is 0. The fourth-order valence-electron chi connectivity index (χ4n) is 5.52. The maximum absolute atomic E-state index is 12.3. The number of unbranched alkanes of at least 4 members (excludes halogenated alkanes) is 22. The van der Waals surface area contributed by atoms with Crippen molar-refractivity contribution in [1.29, 1.82) is 0 Å². The van der Waals surface area contributed by atoms with Gasteiger partial charge in [0.1, 0.15) is 0 Å². The molecule has 1 fully saturated rings. The molecule has 1 aliphatic rings. The molecule has 0 bridgehead atoms. The standard InChI is InChI=1S/C39H70O4.C3H9N.ClH/c1-3-5-7-9-11-13-15-17-19-21-23-25-27-29-31-33-37(40)42-39(35-36-39)43-38(41)34-32-30-28-26-24-22-20-18-16-14-12-10-8-6-4-2;1-4(2)3;/h17-20H,3-16,21-36H2,1-2H3;1-3H3;1H/b19-17-,20-18-;;. The Morgan fingerprint density at radius 1 is 0.479 bits per heavy atom. The summed E-state index contributed by atoms with van der Waals surface area (Å²) < 4.78 is 11.1. The minimum atomic E-state index is -0.947. The van der Waals surface area contributed by atoms with Gasteiger partial charge in [-0.15, -0.1) is 12.4 Å². The van der Waals surface area contributed by atoms with Gasteiger partial charge in [0.15, 0.2) is 0 Å². The van der Waals surface area contributed by atoms with E-state index in [2.05, 4.69) is 38.2 Å². The first-order valence-corrected chi connectivity index (χ1v) is 20.2. The zero-order chi connectivity index (χ0) is 34.7. The molecule has 0 amide bonds. The van der Waals surface area contributed by atoms with Crippen LogP contribution in [0.3, 0.4) is 0 Å². The zero-order valence-corrected chi connectivity index (χ0v) is 33.3. The van der Waals surface area contributed by atoms with E-state index in [1.54, 1.807) is 0 Å². The van der Waals surface area contributed by atoms with Crippen LogP contribution in [0.4, 0.5) is 0 Å². The second-order valence-corrected chi connectivity index (χ2v) is 14.4. The van der Waals surface area contributed by atoms with Crippen molar-refractivity contribution in [2.24, 2.45) is 0 Å². The van der Waals surface area contributed by atoms with Gasteiger partial charge < -0.3 is 14.4 Å². The molecular weight excluding hydrogens is 618 g/mol. The Morgan fingerprint density at radius 2 is 0.729 bits per heavy atom. The highest BCUT2D eigenvalue weighted by molar-refractivity contribution is 5.85. The number of carbonyl (C=O) groups excluding carboxylic acids is 2. The van der Waals surface area contributed by atoms with Crippen molar-refractivity contribution >= 4 is 24.3 Å². The molecular formula is C42H80ClNO4. The summed E-state index contributed by atoms with van der Waals surface area (Å²) in [5, 5.41) is 0. The summed E-state index contributed by atoms with van der Waals surface area (Å²) in [6.07, 6.45) is 43.7. The number of hydrogen-bond acceptors (Lipinski definition) is 5. The molecule has 0 radical (unpaired) electrons. The van der Waals surface area contributed by atoms with Crippen LogP contribution in [0.5, 0.6) is 0 Å². The van der Waals surface area contributed by atoms with Crippen molar-refractivity contribution in [2.75, 3.05) is 21.1 Å². The van der Waals surface area contributed by atoms with E-state index in [0.29, 0.717) is 25.7 Å². The average molecular weight is 699 g/mol. The molecule has 0 aromatic heterocycles. The molecule has 1 aliphatic carbocycles. The first-order valence-electron chi connectivity index (χ1n) is 20.2. The number of nitrogens with zero attached hydrogens (tertiary/aromatic N) is 1. The second kappa shape index (κ2) is 36.9. The smallest absolute Gasteiger partial charge is 0.309 e. The number of allylic oxidation sites excluding steroid dienone is 4. The van der Waals surface area contributed by atoms with Gasteiger partial charge in [0, 0.05) is 25.7 Å². The van der Waals surface area contributed by atoms with Crippen LogP contribution in [0.25, 0.3) is 0 Å². The van der Waals surface area contributed by atoms with Crippen LogP contribution in [0.1, 0.15) is 206 Å². The first-order chi connectivity index (χ1) is 22.8. The van der Waals surface area contributed by atoms with Crippen molar-refractivity contribution in [3.05, 3.63) is 24.3 Å². The number of carbonyl (C=O) groups is 2. The van der Waals surface area contributed by atoms with Crippen molar-refractivity contribution in [2.45, 2.75) is 212 Å². The first kappa shape index (κ1) is 48.8. The number of ether oxygens (including phenoxy) is 2. The summed E-state index contributed by atoms with van der Waals surface area (Å²) in [4.78, 5) is 26.6. The van der Waals surface area contributed by atoms with Gasteiger partial charge in [-0.3, -0.25) is 9.59 Å². The lowest BCUT2D eigenvalue weighted by Gasteiger charge is -2.17. The van der Waals surface area contributed by atoms with Gasteiger partial charge in [0.05, 0.1) is 0 Å². The Labute approximate surface area is 305 Å². The Hall–Kier alpha value is -1.33. The lowest BCUT2D eigenvalue weighted by molar-refractivity contribution is -0.196. The predicted molar refractivity (Wildman–Crippen MR) is 210 cm³/mol. The molecule has 5 nitrogen and oxygen atoms in total. The summed E-state index contributed by atoms with van der Waals surface area (Å²) in [7, 11) is 6.00. The fourth-order valence-corrected chi connectivity index (χ4v) is 5.52. The highest BCUT2D eigenvalue weighted by Gasteiger charge is 2.51. The van der Waals surface area contributed by atoms with Gasteiger partial charge in [-0.1, -0.05) is 141 Å². The molecule has 0 N–H and O–H groups in total. The van der Waals surface area contributed by atoms with Crippen LogP contribution in [0.2, 0.25) is 0 Å². The van der Waals surface area contributed by atoms with E-state index in [1.807, 2.05) is 26.0 Å². The van der Waals surface area contributed by atoms with Gasteiger partial charge in [0.2, 0.25) is 0 Å². The summed E-state index contributed by atoms with van der Waals surface area (Å²) in [6, 6.07) is 0. The third-order valence-electron chi connectivity index (χ3n) is 8.54. The summed E-state index contributed by atoms with van der Waals surface area (Å²) in [5.74, 6) is -1.38. The molecule has 1 rings (SSSR count). The topological polar surface area (TPSA) is 55.8 Å². The third-order valence-corrected chi connectivity index (χ3v) is 8.54. The summed E-state index contributed by atoms with van der Waals surface area (Å²) >= 11 is 0. The van der Waals surface area contributed by atoms with Gasteiger partial charge in [-0.25, -0.2) is 0 Å². The summed E-state index contributed by atoms with van der Waals surface area (Å²) in [5.41, 5.74) is 0. The second-order valence-electron chi connectivity index (χ2n) is 14.4. The molecule has 0 saturated heterocycles. The van der Waals surface area contributed by atoms with Crippen LogP contribution in [-0.2, 0) is 19.1 Å². The highest BCUT2D eigenvalue weighted by atomic mass is 35.5. The van der Waals surface area contributed by atoms with E-state index >= 15 is 0 Å². The summed E-state index contributed by atoms with van der Waals surface area (Å²) in [6.45, 7) is 4.53. The van der Waals surface area contributed by atoms with Crippen molar-refractivity contribution in [3.8, 4) is 0 Å². The normalized spacial score (nSPS) is 13.4. The maximum atomic E-state index is 12.3. The van der Waals surface area contributed by atoms with E-state index in [-0.39, 0.29) is 24.3 Å². The molecule has 0 heterocycles. The molecule has 6 heteroatoms. The monoisotopic (exact) mass is 698 g/mol. The van der Waals surface area contributed by atoms with E-state index < -0.39 is 5.79 Å². The quantitative estimate of drug-likeness (QED) is 0.0303. The number of hydrogen-bond donors (Lipinski definition) is 0. The highest BCUT2D eigenvalue weighted by Crippen LogP contribution is 2.41. The molecule has 284 valence electrons. The molecule has 0 aromatic carbocycles. The molecule has 0 unspecified atom stereocenters. The average Bonchev–Trinajstić information content (AvgIpc) is 3.78. The van der Waals surface area contributed by atoms with Gasteiger partial charge in [-0.2, -0.15) is 0 Å². The Bertz CT molecular complexity index is 704. The molecule has 48 heavy (non-hydrogen) atoms. The van der Waals surface area contributed by atoms with Crippen LogP contribution in [0, 0.1) is 0 Å². The van der Waals surface area contributed by atoms with Crippen LogP contribution >= 0.6 is 12.4 Å². The number of rotatable bonds is 32. The molecule has 1 saturated carbocycles. The number of halogens is 1. The number of esters is 2. The SMILES string of the molecule is CCCCCCCC/C=C\CCCCCCCC(=O)OC1(OC(=O)CCCCCCC/C=C\CCCCCCCC)CC1.CN(C)C.Cl. The van der Waals surface area contributed by atoms with Crippen LogP contribution in [-0.4, -0.2) is 43.8 Å². The van der Waals surface area contributed by atoms with E-state index in [1.165, 1.54) is 128 Å². The molecule has 0 aliphatic heterocycles. The largest absolute Gasteiger partial charge is 0.422 e. The zero-order valence-electron chi connectivity index (χ0n) is 32.5. The molecule has 0 spiro atoms. The Kier molecular flexibility index (Phi) is 37.5. The van der Waals surface area contributed by atoms with E-state index in [0.717, 1.165) is 38.5 Å². The maximum Gasteiger partial charge on any atom is 0.309 e. The fraction of sp³-hybridized carbons (Fsp3) is 0.857. The lowest BCUT2D eigenvalue weighted by Crippen LogP contribution is -2.26. The van der Waals surface area contributed by atoms with Gasteiger partial charge in [0.25, 0.3) is 5.79 Å². The minimum Gasteiger partial charge on any atom is -0.422 e. The van der Waals surface area contributed by atoms with Crippen molar-refractivity contribution in [3.63, 3.8) is 0 Å². The predicted octanol–water partition coefficient (Wildman–Crippen LogP) is 13.2. The van der Waals surface area contributed by atoms with Gasteiger partial charge in [-0.05, 0) is 85.4 Å². The van der Waals surface area contributed by atoms with E-state index in [4.69, 9.17) is 9.47 Å².